The fourth-order valence-corrected chi connectivity index (χ4v) is 5.44. The minimum absolute atomic E-state index is 0.0844. The standard InChI is InChI=1S/C23H11Cl3FN3O2S2/c24-10-1-4-14-18(7-10)34-20(19(14)26)21(31)30-23(33)28-12-3-6-17-16(9-12)29-22(32-17)13-5-2-11(27)8-15(13)25/h1-9H,(H2,28,30,31,33). The van der Waals surface area contributed by atoms with Crippen LogP contribution in [0.5, 0.6) is 0 Å². The van der Waals surface area contributed by atoms with Crippen molar-refractivity contribution in [3.63, 3.8) is 0 Å². The number of amides is 1. The highest BCUT2D eigenvalue weighted by atomic mass is 35.5. The van der Waals surface area contributed by atoms with Crippen LogP contribution in [0.3, 0.4) is 0 Å². The van der Waals surface area contributed by atoms with Crippen LogP contribution in [0.15, 0.2) is 59.0 Å². The van der Waals surface area contributed by atoms with E-state index in [0.29, 0.717) is 37.3 Å². The Kier molecular flexibility index (Phi) is 6.18. The topological polar surface area (TPSA) is 67.2 Å². The predicted octanol–water partition coefficient (Wildman–Crippen LogP) is 7.94. The van der Waals surface area contributed by atoms with Gasteiger partial charge >= 0.3 is 0 Å². The Labute approximate surface area is 216 Å². The zero-order valence-corrected chi connectivity index (χ0v) is 20.7. The molecule has 2 heterocycles. The lowest BCUT2D eigenvalue weighted by atomic mass is 10.2. The molecule has 3 aromatic carbocycles. The third-order valence-electron chi connectivity index (χ3n) is 4.83. The van der Waals surface area contributed by atoms with E-state index in [0.717, 1.165) is 10.1 Å². The van der Waals surface area contributed by atoms with Gasteiger partial charge in [-0.2, -0.15) is 0 Å². The maximum atomic E-state index is 13.3. The average Bonchev–Trinajstić information content (AvgIpc) is 3.34. The van der Waals surface area contributed by atoms with E-state index in [2.05, 4.69) is 15.6 Å². The average molecular weight is 551 g/mol. The van der Waals surface area contributed by atoms with E-state index < -0.39 is 11.7 Å². The minimum Gasteiger partial charge on any atom is -0.436 e. The Balaban J connectivity index is 1.33. The minimum atomic E-state index is -0.451. The molecule has 1 amide bonds. The first-order valence-electron chi connectivity index (χ1n) is 9.64. The first-order chi connectivity index (χ1) is 16.3. The predicted molar refractivity (Wildman–Crippen MR) is 140 cm³/mol. The quantitative estimate of drug-likeness (QED) is 0.223. The molecule has 170 valence electrons. The second-order valence-corrected chi connectivity index (χ2v) is 9.80. The molecule has 0 bridgehead atoms. The summed E-state index contributed by atoms with van der Waals surface area (Å²) >= 11 is 25.0. The number of thiocarbonyl (C=S) groups is 1. The van der Waals surface area contributed by atoms with Crippen molar-refractivity contribution in [3.05, 3.63) is 80.4 Å². The summed E-state index contributed by atoms with van der Waals surface area (Å²) in [6, 6.07) is 14.3. The van der Waals surface area contributed by atoms with Crippen LogP contribution in [0.1, 0.15) is 9.67 Å². The summed E-state index contributed by atoms with van der Waals surface area (Å²) in [7, 11) is 0. The monoisotopic (exact) mass is 549 g/mol. The van der Waals surface area contributed by atoms with E-state index >= 15 is 0 Å². The number of hydrogen-bond donors (Lipinski definition) is 2. The van der Waals surface area contributed by atoms with E-state index in [1.165, 1.54) is 29.5 Å². The highest BCUT2D eigenvalue weighted by molar-refractivity contribution is 7.80. The largest absolute Gasteiger partial charge is 0.436 e. The van der Waals surface area contributed by atoms with E-state index in [4.69, 9.17) is 51.4 Å². The maximum Gasteiger partial charge on any atom is 0.269 e. The summed E-state index contributed by atoms with van der Waals surface area (Å²) in [5, 5.41) is 7.50. The number of hydrogen-bond acceptors (Lipinski definition) is 5. The summed E-state index contributed by atoms with van der Waals surface area (Å²) in [5.41, 5.74) is 2.08. The number of oxazole rings is 1. The van der Waals surface area contributed by atoms with Crippen LogP contribution in [0.2, 0.25) is 15.1 Å². The zero-order valence-electron chi connectivity index (χ0n) is 16.8. The molecule has 0 radical (unpaired) electrons. The number of aromatic nitrogens is 1. The molecule has 0 fully saturated rings. The normalized spacial score (nSPS) is 11.2. The van der Waals surface area contributed by atoms with Gasteiger partial charge in [-0.3, -0.25) is 10.1 Å². The van der Waals surface area contributed by atoms with E-state index in [-0.39, 0.29) is 16.0 Å². The molecule has 11 heteroatoms. The van der Waals surface area contributed by atoms with Crippen LogP contribution in [0.25, 0.3) is 32.6 Å². The Morgan fingerprint density at radius 3 is 2.68 bits per heavy atom. The van der Waals surface area contributed by atoms with Crippen molar-refractivity contribution in [1.29, 1.82) is 0 Å². The van der Waals surface area contributed by atoms with Crippen molar-refractivity contribution < 1.29 is 13.6 Å². The van der Waals surface area contributed by atoms with Crippen LogP contribution in [0, 0.1) is 5.82 Å². The Morgan fingerprint density at radius 1 is 1.06 bits per heavy atom. The Hall–Kier alpha value is -2.75. The lowest BCUT2D eigenvalue weighted by Gasteiger charge is -2.08. The van der Waals surface area contributed by atoms with Gasteiger partial charge in [-0.15, -0.1) is 11.3 Å². The Morgan fingerprint density at radius 2 is 1.88 bits per heavy atom. The maximum absolute atomic E-state index is 13.3. The number of halogens is 4. The van der Waals surface area contributed by atoms with Crippen LogP contribution in [-0.2, 0) is 0 Å². The first-order valence-corrected chi connectivity index (χ1v) is 12.0. The molecule has 5 rings (SSSR count). The Bertz CT molecular complexity index is 1620. The molecule has 0 spiro atoms. The van der Waals surface area contributed by atoms with Gasteiger partial charge in [-0.1, -0.05) is 40.9 Å². The van der Waals surface area contributed by atoms with Crippen LogP contribution in [-0.4, -0.2) is 16.0 Å². The van der Waals surface area contributed by atoms with Gasteiger partial charge in [-0.25, -0.2) is 9.37 Å². The van der Waals surface area contributed by atoms with Gasteiger partial charge in [-0.05, 0) is 60.7 Å². The molecule has 2 N–H and O–H groups in total. The highest BCUT2D eigenvalue weighted by Crippen LogP contribution is 2.36. The van der Waals surface area contributed by atoms with E-state index in [1.54, 1.807) is 36.4 Å². The fourth-order valence-electron chi connectivity index (χ4n) is 3.29. The number of nitrogens with one attached hydrogen (secondary N) is 2. The molecule has 5 nitrogen and oxygen atoms in total. The van der Waals surface area contributed by atoms with Gasteiger partial charge in [0.05, 0.1) is 15.6 Å². The molecule has 0 unspecified atom stereocenters. The lowest BCUT2D eigenvalue weighted by Crippen LogP contribution is -2.33. The highest BCUT2D eigenvalue weighted by Gasteiger charge is 2.19. The van der Waals surface area contributed by atoms with Gasteiger partial charge in [0.25, 0.3) is 5.91 Å². The molecule has 5 aromatic rings. The van der Waals surface area contributed by atoms with Crippen LogP contribution in [0.4, 0.5) is 10.1 Å². The van der Waals surface area contributed by atoms with Crippen molar-refractivity contribution >= 4 is 96.3 Å². The number of carbonyl (C=O) groups is 1. The molecule has 2 aromatic heterocycles. The molecule has 0 saturated heterocycles. The number of thiophene rings is 1. The fraction of sp³-hybridized carbons (Fsp3) is 0. The van der Waals surface area contributed by atoms with Crippen LogP contribution < -0.4 is 10.6 Å². The molecule has 34 heavy (non-hydrogen) atoms. The molecule has 0 atom stereocenters. The summed E-state index contributed by atoms with van der Waals surface area (Å²) in [4.78, 5) is 17.5. The van der Waals surface area contributed by atoms with Crippen molar-refractivity contribution in [2.24, 2.45) is 0 Å². The number of carbonyl (C=O) groups excluding carboxylic acids is 1. The SMILES string of the molecule is O=C(NC(=S)Nc1ccc2oc(-c3ccc(F)cc3Cl)nc2c1)c1sc2cc(Cl)ccc2c1Cl. The van der Waals surface area contributed by atoms with Crippen LogP contribution >= 0.6 is 58.4 Å². The van der Waals surface area contributed by atoms with Crippen molar-refractivity contribution in [2.45, 2.75) is 0 Å². The van der Waals surface area contributed by atoms with Crippen molar-refractivity contribution in [2.75, 3.05) is 5.32 Å². The molecular weight excluding hydrogens is 540 g/mol. The first kappa shape index (κ1) is 23.0. The molecular formula is C23H11Cl3FN3O2S2. The number of benzene rings is 3. The summed E-state index contributed by atoms with van der Waals surface area (Å²) < 4.78 is 19.9. The van der Waals surface area contributed by atoms with Gasteiger partial charge in [0.1, 0.15) is 16.2 Å². The van der Waals surface area contributed by atoms with E-state index in [1.807, 2.05) is 0 Å². The smallest absolute Gasteiger partial charge is 0.269 e. The molecule has 0 aliphatic rings. The lowest BCUT2D eigenvalue weighted by molar-refractivity contribution is 0.0982. The van der Waals surface area contributed by atoms with Gasteiger partial charge in [0.15, 0.2) is 10.7 Å². The second-order valence-electron chi connectivity index (χ2n) is 7.12. The third kappa shape index (κ3) is 4.47. The summed E-state index contributed by atoms with van der Waals surface area (Å²) in [6.45, 7) is 0. The molecule has 0 aliphatic carbocycles. The number of rotatable bonds is 3. The van der Waals surface area contributed by atoms with Crippen molar-refractivity contribution in [1.82, 2.24) is 10.3 Å². The summed E-state index contributed by atoms with van der Waals surface area (Å²) in [6.07, 6.45) is 0. The third-order valence-corrected chi connectivity index (χ3v) is 7.24. The van der Waals surface area contributed by atoms with Gasteiger partial charge in [0.2, 0.25) is 5.89 Å². The summed E-state index contributed by atoms with van der Waals surface area (Å²) in [5.74, 6) is -0.629. The van der Waals surface area contributed by atoms with E-state index in [9.17, 15) is 9.18 Å². The molecule has 0 saturated carbocycles. The van der Waals surface area contributed by atoms with Gasteiger partial charge < -0.3 is 9.73 Å². The van der Waals surface area contributed by atoms with Gasteiger partial charge in [0, 0.05) is 20.8 Å². The van der Waals surface area contributed by atoms with Crippen molar-refractivity contribution in [3.8, 4) is 11.5 Å². The zero-order chi connectivity index (χ0) is 24.0. The number of nitrogens with zero attached hydrogens (tertiary/aromatic N) is 1. The second kappa shape index (κ2) is 9.13. The number of anilines is 1. The molecule has 0 aliphatic heterocycles. The number of fused-ring (bicyclic) bond motifs is 2.